The van der Waals surface area contributed by atoms with Gasteiger partial charge in [0, 0.05) is 0 Å². The van der Waals surface area contributed by atoms with Crippen molar-refractivity contribution in [2.24, 2.45) is 52.8 Å². The van der Waals surface area contributed by atoms with E-state index in [4.69, 9.17) is 0 Å². The van der Waals surface area contributed by atoms with Gasteiger partial charge >= 0.3 is 0 Å². The minimum Gasteiger partial charge on any atom is -0.0654 e. The standard InChI is InChI=1S/C19H32/c1-5-6-12-7-15(12)16-10-19(4)17(18(16)19)9-13-8-14(13)11(2)3/h11-18H,5-10H2,1-4H3. The topological polar surface area (TPSA) is 0 Å². The lowest BCUT2D eigenvalue weighted by atomic mass is 9.73. The highest BCUT2D eigenvalue weighted by atomic mass is 14.8. The highest BCUT2D eigenvalue weighted by Crippen LogP contribution is 2.81. The van der Waals surface area contributed by atoms with E-state index in [1.807, 2.05) is 0 Å². The zero-order valence-corrected chi connectivity index (χ0v) is 13.4. The van der Waals surface area contributed by atoms with Crippen molar-refractivity contribution < 1.29 is 0 Å². The molecule has 0 radical (unpaired) electrons. The van der Waals surface area contributed by atoms with Gasteiger partial charge in [-0.15, -0.1) is 0 Å². The summed E-state index contributed by atoms with van der Waals surface area (Å²) < 4.78 is 0. The molecule has 0 aromatic rings. The lowest BCUT2D eigenvalue weighted by molar-refractivity contribution is 0.163. The fourth-order valence-electron chi connectivity index (χ4n) is 6.26. The van der Waals surface area contributed by atoms with Crippen LogP contribution >= 0.6 is 0 Å². The molecule has 4 rings (SSSR count). The van der Waals surface area contributed by atoms with Gasteiger partial charge in [0.1, 0.15) is 0 Å². The predicted octanol–water partition coefficient (Wildman–Crippen LogP) is 5.38. The van der Waals surface area contributed by atoms with Gasteiger partial charge < -0.3 is 0 Å². The minimum absolute atomic E-state index is 0.828. The monoisotopic (exact) mass is 260 g/mol. The average Bonchev–Trinajstić information content (AvgIpc) is 3.22. The summed E-state index contributed by atoms with van der Waals surface area (Å²) in [5, 5.41) is 0. The van der Waals surface area contributed by atoms with Crippen LogP contribution in [0.25, 0.3) is 0 Å². The van der Waals surface area contributed by atoms with Crippen LogP contribution in [0.1, 0.15) is 66.2 Å². The van der Waals surface area contributed by atoms with E-state index in [-0.39, 0.29) is 0 Å². The van der Waals surface area contributed by atoms with Crippen molar-refractivity contribution in [1.82, 2.24) is 0 Å². The van der Waals surface area contributed by atoms with E-state index >= 15 is 0 Å². The molecule has 4 aliphatic carbocycles. The third-order valence-electron chi connectivity index (χ3n) is 7.65. The Morgan fingerprint density at radius 3 is 2.53 bits per heavy atom. The number of fused-ring (bicyclic) bond motifs is 1. The third-order valence-corrected chi connectivity index (χ3v) is 7.65. The van der Waals surface area contributed by atoms with Gasteiger partial charge in [-0.05, 0) is 78.4 Å². The first kappa shape index (κ1) is 12.7. The summed E-state index contributed by atoms with van der Waals surface area (Å²) in [4.78, 5) is 0. The molecule has 108 valence electrons. The van der Waals surface area contributed by atoms with Gasteiger partial charge in [-0.25, -0.2) is 0 Å². The third kappa shape index (κ3) is 1.84. The van der Waals surface area contributed by atoms with Crippen LogP contribution in [0.15, 0.2) is 0 Å². The molecule has 0 aliphatic heterocycles. The molecule has 0 spiro atoms. The molecule has 0 heterocycles. The van der Waals surface area contributed by atoms with E-state index in [1.165, 1.54) is 30.6 Å². The highest BCUT2D eigenvalue weighted by Gasteiger charge is 2.75. The Bertz CT molecular complexity index is 370. The Hall–Kier alpha value is 0. The van der Waals surface area contributed by atoms with Gasteiger partial charge in [-0.2, -0.15) is 0 Å². The second-order valence-corrected chi connectivity index (χ2v) is 9.09. The van der Waals surface area contributed by atoms with Crippen LogP contribution in [-0.2, 0) is 0 Å². The summed E-state index contributed by atoms with van der Waals surface area (Å²) in [6.07, 6.45) is 9.29. The molecule has 8 unspecified atom stereocenters. The summed E-state index contributed by atoms with van der Waals surface area (Å²) >= 11 is 0. The molecule has 0 heteroatoms. The SMILES string of the molecule is CCCC1CC1C1CC2(C)C(CC3CC3C(C)C)C12. The number of hydrogen-bond donors (Lipinski definition) is 0. The quantitative estimate of drug-likeness (QED) is 0.601. The molecule has 4 saturated carbocycles. The predicted molar refractivity (Wildman–Crippen MR) is 80.8 cm³/mol. The van der Waals surface area contributed by atoms with Crippen LogP contribution < -0.4 is 0 Å². The number of hydrogen-bond acceptors (Lipinski definition) is 0. The van der Waals surface area contributed by atoms with E-state index in [1.54, 1.807) is 25.7 Å². The maximum atomic E-state index is 2.61. The maximum Gasteiger partial charge on any atom is -0.0258 e. The van der Waals surface area contributed by atoms with Crippen molar-refractivity contribution in [3.63, 3.8) is 0 Å². The minimum atomic E-state index is 0.828. The van der Waals surface area contributed by atoms with E-state index in [9.17, 15) is 0 Å². The molecule has 19 heavy (non-hydrogen) atoms. The maximum absolute atomic E-state index is 2.61. The summed E-state index contributed by atoms with van der Waals surface area (Å²) in [5.74, 6) is 8.97. The zero-order chi connectivity index (χ0) is 13.4. The van der Waals surface area contributed by atoms with Crippen molar-refractivity contribution in [1.29, 1.82) is 0 Å². The first-order valence-corrected chi connectivity index (χ1v) is 9.06. The van der Waals surface area contributed by atoms with Crippen molar-refractivity contribution in [3.8, 4) is 0 Å². The van der Waals surface area contributed by atoms with E-state index in [0.29, 0.717) is 0 Å². The van der Waals surface area contributed by atoms with Gasteiger partial charge in [-0.3, -0.25) is 0 Å². The van der Waals surface area contributed by atoms with Crippen molar-refractivity contribution in [2.45, 2.75) is 66.2 Å². The van der Waals surface area contributed by atoms with E-state index < -0.39 is 0 Å². The molecule has 0 amide bonds. The Kier molecular flexibility index (Phi) is 2.69. The molecule has 8 atom stereocenters. The Labute approximate surface area is 119 Å². The average molecular weight is 260 g/mol. The largest absolute Gasteiger partial charge is 0.0654 e. The van der Waals surface area contributed by atoms with Crippen LogP contribution in [0.2, 0.25) is 0 Å². The molecule has 4 aliphatic rings. The summed E-state index contributed by atoms with van der Waals surface area (Å²) in [6.45, 7) is 9.83. The van der Waals surface area contributed by atoms with Crippen LogP contribution in [0, 0.1) is 52.8 Å². The lowest BCUT2D eigenvalue weighted by Gasteiger charge is -2.32. The van der Waals surface area contributed by atoms with Crippen molar-refractivity contribution in [3.05, 3.63) is 0 Å². The first-order valence-electron chi connectivity index (χ1n) is 9.06. The molecule has 0 N–H and O–H groups in total. The summed E-state index contributed by atoms with van der Waals surface area (Å²) in [5.41, 5.74) is 0.828. The molecular formula is C19H32. The van der Waals surface area contributed by atoms with Gasteiger partial charge in [0.05, 0.1) is 0 Å². The highest BCUT2D eigenvalue weighted by molar-refractivity contribution is 5.23. The molecule has 0 nitrogen and oxygen atoms in total. The van der Waals surface area contributed by atoms with Crippen LogP contribution in [0.3, 0.4) is 0 Å². The van der Waals surface area contributed by atoms with Gasteiger partial charge in [0.15, 0.2) is 0 Å². The van der Waals surface area contributed by atoms with Crippen molar-refractivity contribution in [2.75, 3.05) is 0 Å². The van der Waals surface area contributed by atoms with Gasteiger partial charge in [0.2, 0.25) is 0 Å². The molecular weight excluding hydrogens is 228 g/mol. The molecule has 0 saturated heterocycles. The first-order chi connectivity index (χ1) is 9.06. The fourth-order valence-corrected chi connectivity index (χ4v) is 6.26. The van der Waals surface area contributed by atoms with Gasteiger partial charge in [0.25, 0.3) is 0 Å². The van der Waals surface area contributed by atoms with Crippen LogP contribution in [-0.4, -0.2) is 0 Å². The van der Waals surface area contributed by atoms with Crippen LogP contribution in [0.5, 0.6) is 0 Å². The molecule has 0 aromatic carbocycles. The van der Waals surface area contributed by atoms with E-state index in [0.717, 1.165) is 35.0 Å². The second-order valence-electron chi connectivity index (χ2n) is 9.09. The number of rotatable bonds is 6. The molecule has 0 bridgehead atoms. The lowest BCUT2D eigenvalue weighted by Crippen LogP contribution is -2.25. The summed E-state index contributed by atoms with van der Waals surface area (Å²) in [7, 11) is 0. The Morgan fingerprint density at radius 1 is 1.11 bits per heavy atom. The normalized spacial score (nSPS) is 57.6. The molecule has 0 aromatic heterocycles. The second kappa shape index (κ2) is 4.01. The zero-order valence-electron chi connectivity index (χ0n) is 13.4. The Morgan fingerprint density at radius 2 is 1.89 bits per heavy atom. The summed E-state index contributed by atoms with van der Waals surface area (Å²) in [6, 6.07) is 0. The van der Waals surface area contributed by atoms with E-state index in [2.05, 4.69) is 27.7 Å². The molecule has 4 fully saturated rings. The van der Waals surface area contributed by atoms with Gasteiger partial charge in [-0.1, -0.05) is 40.5 Å². The Balaban J connectivity index is 1.29. The van der Waals surface area contributed by atoms with Crippen LogP contribution in [0.4, 0.5) is 0 Å². The van der Waals surface area contributed by atoms with Crippen molar-refractivity contribution >= 4 is 0 Å². The smallest absolute Gasteiger partial charge is 0.0258 e. The fraction of sp³-hybridized carbons (Fsp3) is 1.00.